The van der Waals surface area contributed by atoms with Gasteiger partial charge in [0.25, 0.3) is 0 Å². The van der Waals surface area contributed by atoms with Gasteiger partial charge < -0.3 is 14.7 Å². The number of nitrogens with zero attached hydrogens (tertiary/aromatic N) is 8. The van der Waals surface area contributed by atoms with E-state index in [1.165, 1.54) is 6.07 Å². The van der Waals surface area contributed by atoms with Gasteiger partial charge in [0.05, 0.1) is 36.4 Å². The minimum atomic E-state index is -0.474. The summed E-state index contributed by atoms with van der Waals surface area (Å²) < 4.78 is 23.2. The second-order valence-electron chi connectivity index (χ2n) is 8.66. The molecule has 1 saturated heterocycles. The van der Waals surface area contributed by atoms with E-state index in [2.05, 4.69) is 26.6 Å². The summed E-state index contributed by atoms with van der Waals surface area (Å²) in [6.45, 7) is 5.01. The molecule has 0 radical (unpaired) electrons. The molecule has 1 fully saturated rings. The van der Waals surface area contributed by atoms with Crippen molar-refractivity contribution in [2.45, 2.75) is 45.4 Å². The molecule has 10 nitrogen and oxygen atoms in total. The number of nitriles is 1. The zero-order chi connectivity index (χ0) is 24.5. The molecule has 35 heavy (non-hydrogen) atoms. The first kappa shape index (κ1) is 22.7. The molecule has 4 aromatic heterocycles. The van der Waals surface area contributed by atoms with Gasteiger partial charge in [-0.1, -0.05) is 5.21 Å². The standard InChI is InChI=1S/C24H25FN8O2/c1-15-23(29-30-33(15)20-5-7-31(14-26)8-6-20)17-9-22(24-18(13-34)10-28-32(24)12-17)35-16(2)21-4-3-19(25)11-27-21/h3-4,9-12,16,20,34H,5-8,13H2,1-2H3/t16-/m1/s1. The summed E-state index contributed by atoms with van der Waals surface area (Å²) in [6, 6.07) is 4.96. The quantitative estimate of drug-likeness (QED) is 0.422. The molecular weight excluding hydrogens is 451 g/mol. The molecule has 0 bridgehead atoms. The van der Waals surface area contributed by atoms with Crippen LogP contribution in [0, 0.1) is 24.2 Å². The smallest absolute Gasteiger partial charge is 0.179 e. The Hall–Kier alpha value is -4.04. The number of aliphatic hydroxyl groups excluding tert-OH is 1. The second-order valence-corrected chi connectivity index (χ2v) is 8.66. The van der Waals surface area contributed by atoms with E-state index in [1.807, 2.05) is 30.8 Å². The van der Waals surface area contributed by atoms with Gasteiger partial charge in [-0.25, -0.2) is 13.6 Å². The summed E-state index contributed by atoms with van der Waals surface area (Å²) in [5.74, 6) is 0.0829. The first-order chi connectivity index (χ1) is 17.0. The van der Waals surface area contributed by atoms with Gasteiger partial charge in [-0.15, -0.1) is 5.10 Å². The van der Waals surface area contributed by atoms with E-state index in [1.54, 1.807) is 21.7 Å². The first-order valence-electron chi connectivity index (χ1n) is 11.4. The van der Waals surface area contributed by atoms with Gasteiger partial charge in [0.15, 0.2) is 6.19 Å². The van der Waals surface area contributed by atoms with Crippen LogP contribution in [0.15, 0.2) is 36.8 Å². The molecule has 180 valence electrons. The largest absolute Gasteiger partial charge is 0.482 e. The molecule has 0 saturated carbocycles. The van der Waals surface area contributed by atoms with Gasteiger partial charge in [-0.3, -0.25) is 4.98 Å². The van der Waals surface area contributed by atoms with E-state index in [0.717, 1.165) is 30.3 Å². The SMILES string of the molecule is Cc1c(-c2cc(O[C@H](C)c3ccc(F)cn3)c3c(CO)cnn3c2)nnn1C1CCN(C#N)CC1. The van der Waals surface area contributed by atoms with Crippen LogP contribution >= 0.6 is 0 Å². The summed E-state index contributed by atoms with van der Waals surface area (Å²) in [6.07, 6.45) is 7.97. The van der Waals surface area contributed by atoms with E-state index in [4.69, 9.17) is 10.00 Å². The third-order valence-electron chi connectivity index (χ3n) is 6.45. The van der Waals surface area contributed by atoms with Crippen molar-refractivity contribution in [2.75, 3.05) is 13.1 Å². The minimum absolute atomic E-state index is 0.176. The normalized spacial score (nSPS) is 15.3. The van der Waals surface area contributed by atoms with Crippen LogP contribution in [-0.2, 0) is 6.61 Å². The van der Waals surface area contributed by atoms with Crippen molar-refractivity contribution in [3.8, 4) is 23.2 Å². The zero-order valence-electron chi connectivity index (χ0n) is 19.5. The molecule has 1 aliphatic rings. The van der Waals surface area contributed by atoms with Gasteiger partial charge in [-0.05, 0) is 44.9 Å². The molecule has 11 heteroatoms. The average Bonchev–Trinajstić information content (AvgIpc) is 3.47. The fourth-order valence-corrected chi connectivity index (χ4v) is 4.52. The van der Waals surface area contributed by atoms with Crippen LogP contribution < -0.4 is 4.74 Å². The maximum atomic E-state index is 13.3. The molecule has 0 aromatic carbocycles. The average molecular weight is 477 g/mol. The number of likely N-dealkylation sites (tertiary alicyclic amines) is 1. The lowest BCUT2D eigenvalue weighted by Crippen LogP contribution is -2.31. The Morgan fingerprint density at radius 3 is 2.77 bits per heavy atom. The van der Waals surface area contributed by atoms with E-state index in [0.29, 0.717) is 41.3 Å². The fourth-order valence-electron chi connectivity index (χ4n) is 4.52. The first-order valence-corrected chi connectivity index (χ1v) is 11.4. The van der Waals surface area contributed by atoms with Crippen molar-refractivity contribution in [2.24, 2.45) is 0 Å². The molecule has 0 amide bonds. The predicted octanol–water partition coefficient (Wildman–Crippen LogP) is 3.19. The highest BCUT2D eigenvalue weighted by Gasteiger charge is 2.25. The van der Waals surface area contributed by atoms with Crippen LogP contribution in [0.25, 0.3) is 16.8 Å². The molecule has 0 aliphatic carbocycles. The van der Waals surface area contributed by atoms with Crippen LogP contribution in [0.3, 0.4) is 0 Å². The van der Waals surface area contributed by atoms with Crippen LogP contribution in [0.4, 0.5) is 4.39 Å². The predicted molar refractivity (Wildman–Crippen MR) is 124 cm³/mol. The van der Waals surface area contributed by atoms with Gasteiger partial charge in [-0.2, -0.15) is 10.4 Å². The number of halogens is 1. The van der Waals surface area contributed by atoms with Crippen molar-refractivity contribution in [3.05, 3.63) is 59.6 Å². The van der Waals surface area contributed by atoms with E-state index >= 15 is 0 Å². The summed E-state index contributed by atoms with van der Waals surface area (Å²) in [5, 5.41) is 32.2. The summed E-state index contributed by atoms with van der Waals surface area (Å²) >= 11 is 0. The number of fused-ring (bicyclic) bond motifs is 1. The zero-order valence-corrected chi connectivity index (χ0v) is 19.5. The number of piperidine rings is 1. The summed E-state index contributed by atoms with van der Waals surface area (Å²) in [5.41, 5.74) is 4.21. The van der Waals surface area contributed by atoms with Crippen molar-refractivity contribution in [1.82, 2.24) is 34.5 Å². The van der Waals surface area contributed by atoms with E-state index < -0.39 is 11.9 Å². The van der Waals surface area contributed by atoms with Gasteiger partial charge in [0, 0.05) is 30.4 Å². The molecular formula is C24H25FN8O2. The summed E-state index contributed by atoms with van der Waals surface area (Å²) in [4.78, 5) is 5.88. The highest BCUT2D eigenvalue weighted by Crippen LogP contribution is 2.34. The van der Waals surface area contributed by atoms with Crippen molar-refractivity contribution in [1.29, 1.82) is 5.26 Å². The molecule has 0 spiro atoms. The van der Waals surface area contributed by atoms with Gasteiger partial charge >= 0.3 is 0 Å². The highest BCUT2D eigenvalue weighted by atomic mass is 19.1. The number of hydrogen-bond donors (Lipinski definition) is 1. The lowest BCUT2D eigenvalue weighted by molar-refractivity contribution is 0.223. The van der Waals surface area contributed by atoms with E-state index in [-0.39, 0.29) is 12.6 Å². The van der Waals surface area contributed by atoms with Gasteiger partial charge in [0.1, 0.15) is 28.9 Å². The molecule has 5 rings (SSSR count). The fraction of sp³-hybridized carbons (Fsp3) is 0.375. The van der Waals surface area contributed by atoms with Crippen LogP contribution in [0.5, 0.6) is 5.75 Å². The van der Waals surface area contributed by atoms with Crippen molar-refractivity contribution >= 4 is 5.52 Å². The molecule has 5 heterocycles. The topological polar surface area (TPSA) is 117 Å². The Bertz CT molecular complexity index is 1380. The third-order valence-corrected chi connectivity index (χ3v) is 6.45. The third kappa shape index (κ3) is 4.28. The number of pyridine rings is 2. The monoisotopic (exact) mass is 476 g/mol. The molecule has 1 aliphatic heterocycles. The molecule has 1 N–H and O–H groups in total. The second kappa shape index (κ2) is 9.31. The van der Waals surface area contributed by atoms with Crippen molar-refractivity contribution in [3.63, 3.8) is 0 Å². The molecule has 4 aromatic rings. The Balaban J connectivity index is 1.51. The molecule has 1 atom stereocenters. The van der Waals surface area contributed by atoms with Crippen LogP contribution in [-0.4, -0.2) is 52.7 Å². The maximum absolute atomic E-state index is 13.3. The Labute approximate surface area is 201 Å². The Kier molecular flexibility index (Phi) is 6.05. The van der Waals surface area contributed by atoms with Gasteiger partial charge in [0.2, 0.25) is 0 Å². The number of ether oxygens (including phenoxy) is 1. The number of rotatable bonds is 6. The van der Waals surface area contributed by atoms with E-state index in [9.17, 15) is 9.50 Å². The lowest BCUT2D eigenvalue weighted by atomic mass is 10.0. The highest BCUT2D eigenvalue weighted by molar-refractivity contribution is 5.72. The number of aromatic nitrogens is 6. The minimum Gasteiger partial charge on any atom is -0.482 e. The molecule has 0 unspecified atom stereocenters. The number of hydrogen-bond acceptors (Lipinski definition) is 8. The Morgan fingerprint density at radius 2 is 2.09 bits per heavy atom. The van der Waals surface area contributed by atoms with Crippen molar-refractivity contribution < 1.29 is 14.2 Å². The lowest BCUT2D eigenvalue weighted by Gasteiger charge is -2.28. The summed E-state index contributed by atoms with van der Waals surface area (Å²) in [7, 11) is 0. The maximum Gasteiger partial charge on any atom is 0.179 e. The van der Waals surface area contributed by atoms with Crippen LogP contribution in [0.1, 0.15) is 48.9 Å². The Morgan fingerprint density at radius 1 is 1.29 bits per heavy atom. The number of aliphatic hydroxyl groups is 1. The van der Waals surface area contributed by atoms with Crippen LogP contribution in [0.2, 0.25) is 0 Å².